The van der Waals surface area contributed by atoms with Gasteiger partial charge in [0, 0.05) is 20.2 Å². The number of nitrogens with two attached hydrogens (primary N) is 1. The van der Waals surface area contributed by atoms with Crippen molar-refractivity contribution in [1.29, 1.82) is 0 Å². The molecule has 3 nitrogen and oxygen atoms in total. The summed E-state index contributed by atoms with van der Waals surface area (Å²) in [5.41, 5.74) is 0.661. The number of aliphatic hydroxyl groups is 1. The second kappa shape index (κ2) is 4.21. The van der Waals surface area contributed by atoms with Gasteiger partial charge < -0.3 is 5.11 Å². The molecule has 0 amide bonds. The molecule has 1 saturated carbocycles. The van der Waals surface area contributed by atoms with Gasteiger partial charge in [-0.05, 0) is 24.7 Å². The predicted octanol–water partition coefficient (Wildman–Crippen LogP) is 0.735. The van der Waals surface area contributed by atoms with Gasteiger partial charge >= 0.3 is 0 Å². The van der Waals surface area contributed by atoms with Crippen molar-refractivity contribution in [2.75, 3.05) is 20.2 Å². The van der Waals surface area contributed by atoms with Gasteiger partial charge in [-0.25, -0.2) is 5.01 Å². The molecule has 1 spiro atoms. The van der Waals surface area contributed by atoms with Crippen LogP contribution in [0, 0.1) is 5.41 Å². The van der Waals surface area contributed by atoms with Crippen molar-refractivity contribution in [3.05, 3.63) is 0 Å². The van der Waals surface area contributed by atoms with Crippen LogP contribution in [-0.4, -0.2) is 30.3 Å². The Labute approximate surface area is 74.5 Å². The summed E-state index contributed by atoms with van der Waals surface area (Å²) in [7, 11) is 1.00. The van der Waals surface area contributed by atoms with Crippen LogP contribution in [-0.2, 0) is 0 Å². The number of hydrazine groups is 1. The van der Waals surface area contributed by atoms with Gasteiger partial charge in [-0.2, -0.15) is 0 Å². The van der Waals surface area contributed by atoms with Crippen LogP contribution < -0.4 is 5.84 Å². The van der Waals surface area contributed by atoms with Crippen molar-refractivity contribution in [3.63, 3.8) is 0 Å². The molecule has 2 aliphatic rings. The van der Waals surface area contributed by atoms with Crippen molar-refractivity contribution in [2.24, 2.45) is 11.3 Å². The molecule has 2 rings (SSSR count). The number of hydrogen-bond acceptors (Lipinski definition) is 3. The summed E-state index contributed by atoms with van der Waals surface area (Å²) < 4.78 is 0. The SMILES string of the molecule is CO.NN1CCC2(CCCC2)C1. The van der Waals surface area contributed by atoms with E-state index >= 15 is 0 Å². The van der Waals surface area contributed by atoms with E-state index in [1.165, 1.54) is 32.1 Å². The van der Waals surface area contributed by atoms with Crippen molar-refractivity contribution in [2.45, 2.75) is 32.1 Å². The van der Waals surface area contributed by atoms with Crippen LogP contribution in [0.25, 0.3) is 0 Å². The molecule has 72 valence electrons. The van der Waals surface area contributed by atoms with E-state index in [0.29, 0.717) is 5.41 Å². The van der Waals surface area contributed by atoms with Crippen LogP contribution in [0.2, 0.25) is 0 Å². The lowest BCUT2D eigenvalue weighted by molar-refractivity contribution is 0.266. The van der Waals surface area contributed by atoms with Crippen molar-refractivity contribution >= 4 is 0 Å². The second-order valence-corrected chi connectivity index (χ2v) is 3.93. The third-order valence-electron chi connectivity index (χ3n) is 3.13. The Hall–Kier alpha value is -0.120. The summed E-state index contributed by atoms with van der Waals surface area (Å²) in [6, 6.07) is 0. The van der Waals surface area contributed by atoms with Gasteiger partial charge in [-0.3, -0.25) is 5.84 Å². The normalized spacial score (nSPS) is 27.2. The average Bonchev–Trinajstić information content (AvgIpc) is 2.68. The summed E-state index contributed by atoms with van der Waals surface area (Å²) in [6.45, 7) is 2.28. The third-order valence-corrected chi connectivity index (χ3v) is 3.13. The highest BCUT2D eigenvalue weighted by atomic mass is 16.2. The highest BCUT2D eigenvalue weighted by Crippen LogP contribution is 2.44. The predicted molar refractivity (Wildman–Crippen MR) is 49.4 cm³/mol. The van der Waals surface area contributed by atoms with Gasteiger partial charge in [0.25, 0.3) is 0 Å². The topological polar surface area (TPSA) is 49.5 Å². The largest absolute Gasteiger partial charge is 0.400 e. The summed E-state index contributed by atoms with van der Waals surface area (Å²) in [4.78, 5) is 0. The van der Waals surface area contributed by atoms with E-state index in [9.17, 15) is 0 Å². The fourth-order valence-electron chi connectivity index (χ4n) is 2.50. The first-order chi connectivity index (χ1) is 5.81. The molecule has 12 heavy (non-hydrogen) atoms. The lowest BCUT2D eigenvalue weighted by Gasteiger charge is -2.21. The fourth-order valence-corrected chi connectivity index (χ4v) is 2.50. The van der Waals surface area contributed by atoms with Crippen LogP contribution in [0.1, 0.15) is 32.1 Å². The Balaban J connectivity index is 0.000000336. The molecule has 0 atom stereocenters. The molecule has 0 aromatic rings. The molecule has 3 heteroatoms. The average molecular weight is 172 g/mol. The smallest absolute Gasteiger partial charge is 0.0319 e. The number of rotatable bonds is 0. The second-order valence-electron chi connectivity index (χ2n) is 3.93. The van der Waals surface area contributed by atoms with Crippen molar-refractivity contribution in [1.82, 2.24) is 5.01 Å². The minimum atomic E-state index is 0.661. The first kappa shape index (κ1) is 9.96. The van der Waals surface area contributed by atoms with Crippen molar-refractivity contribution < 1.29 is 5.11 Å². The molecule has 1 heterocycles. The van der Waals surface area contributed by atoms with Gasteiger partial charge in [0.2, 0.25) is 0 Å². The van der Waals surface area contributed by atoms with Crippen molar-refractivity contribution in [3.8, 4) is 0 Å². The van der Waals surface area contributed by atoms with Gasteiger partial charge in [-0.15, -0.1) is 0 Å². The van der Waals surface area contributed by atoms with Gasteiger partial charge in [-0.1, -0.05) is 12.8 Å². The summed E-state index contributed by atoms with van der Waals surface area (Å²) in [5.74, 6) is 5.72. The minimum absolute atomic E-state index is 0.661. The number of nitrogens with zero attached hydrogens (tertiary/aromatic N) is 1. The summed E-state index contributed by atoms with van der Waals surface area (Å²) >= 11 is 0. The highest BCUT2D eigenvalue weighted by Gasteiger charge is 2.38. The minimum Gasteiger partial charge on any atom is -0.400 e. The van der Waals surface area contributed by atoms with Gasteiger partial charge in [0.1, 0.15) is 0 Å². The molecule has 1 aliphatic heterocycles. The van der Waals surface area contributed by atoms with Crippen LogP contribution in [0.5, 0.6) is 0 Å². The molecular formula is C9H20N2O. The fraction of sp³-hybridized carbons (Fsp3) is 1.00. The van der Waals surface area contributed by atoms with Gasteiger partial charge in [0.05, 0.1) is 0 Å². The molecule has 0 radical (unpaired) electrons. The molecule has 1 aliphatic carbocycles. The third kappa shape index (κ3) is 1.97. The maximum absolute atomic E-state index is 7.00. The van der Waals surface area contributed by atoms with E-state index in [-0.39, 0.29) is 0 Å². The zero-order chi connectivity index (χ0) is 9.03. The van der Waals surface area contributed by atoms with E-state index in [0.717, 1.165) is 20.2 Å². The van der Waals surface area contributed by atoms with Crippen LogP contribution in [0.15, 0.2) is 0 Å². The first-order valence-corrected chi connectivity index (χ1v) is 4.75. The lowest BCUT2D eigenvalue weighted by Crippen LogP contribution is -2.30. The standard InChI is InChI=1S/C8H16N2.CH4O/c9-10-6-5-8(7-10)3-1-2-4-8;1-2/h1-7,9H2;2H,1H3. The maximum Gasteiger partial charge on any atom is 0.0319 e. The molecule has 1 saturated heterocycles. The number of aliphatic hydroxyl groups excluding tert-OH is 1. The Morgan fingerprint density at radius 1 is 1.17 bits per heavy atom. The Morgan fingerprint density at radius 3 is 2.17 bits per heavy atom. The molecule has 3 N–H and O–H groups in total. The van der Waals surface area contributed by atoms with Crippen LogP contribution >= 0.6 is 0 Å². The molecule has 0 aromatic heterocycles. The molecular weight excluding hydrogens is 152 g/mol. The van der Waals surface area contributed by atoms with E-state index in [4.69, 9.17) is 10.9 Å². The number of hydrogen-bond donors (Lipinski definition) is 2. The molecule has 0 aromatic carbocycles. The zero-order valence-electron chi connectivity index (χ0n) is 7.92. The maximum atomic E-state index is 7.00. The van der Waals surface area contributed by atoms with Crippen LogP contribution in [0.4, 0.5) is 0 Å². The Kier molecular flexibility index (Phi) is 3.50. The Morgan fingerprint density at radius 2 is 1.75 bits per heavy atom. The molecule has 2 fully saturated rings. The quantitative estimate of drug-likeness (QED) is 0.530. The first-order valence-electron chi connectivity index (χ1n) is 4.75. The summed E-state index contributed by atoms with van der Waals surface area (Å²) in [6.07, 6.45) is 7.09. The highest BCUT2D eigenvalue weighted by molar-refractivity contribution is 4.91. The summed E-state index contributed by atoms with van der Waals surface area (Å²) in [5, 5.41) is 8.99. The van der Waals surface area contributed by atoms with E-state index < -0.39 is 0 Å². The van der Waals surface area contributed by atoms with E-state index in [2.05, 4.69) is 0 Å². The zero-order valence-corrected chi connectivity index (χ0v) is 7.92. The van der Waals surface area contributed by atoms with Crippen LogP contribution in [0.3, 0.4) is 0 Å². The molecule has 0 bridgehead atoms. The molecule has 0 unspecified atom stereocenters. The van der Waals surface area contributed by atoms with E-state index in [1.807, 2.05) is 5.01 Å². The Bertz CT molecular complexity index is 132. The van der Waals surface area contributed by atoms with Gasteiger partial charge in [0.15, 0.2) is 0 Å². The monoisotopic (exact) mass is 172 g/mol. The van der Waals surface area contributed by atoms with E-state index in [1.54, 1.807) is 0 Å². The lowest BCUT2D eigenvalue weighted by atomic mass is 9.86.